The number of aromatic nitrogens is 2. The number of imidazole rings is 1. The lowest BCUT2D eigenvalue weighted by Gasteiger charge is -2.04. The maximum Gasteiger partial charge on any atom is 0.143 e. The number of rotatable bonds is 2. The first-order chi connectivity index (χ1) is 9.61. The molecular weight excluding hydrogens is 277 g/mol. The Balaban J connectivity index is 2.32. The number of nitrogens with zero attached hydrogens (tertiary/aromatic N) is 2. The van der Waals surface area contributed by atoms with Gasteiger partial charge in [0.25, 0.3) is 0 Å². The van der Waals surface area contributed by atoms with E-state index < -0.39 is 0 Å². The van der Waals surface area contributed by atoms with Gasteiger partial charge in [0.15, 0.2) is 0 Å². The van der Waals surface area contributed by atoms with Crippen LogP contribution in [-0.2, 0) is 13.6 Å². The quantitative estimate of drug-likeness (QED) is 0.785. The van der Waals surface area contributed by atoms with Crippen molar-refractivity contribution < 1.29 is 4.39 Å². The lowest BCUT2D eigenvalue weighted by Crippen LogP contribution is -1.97. The number of nitrogens with two attached hydrogens (primary N) is 1. The zero-order valence-electron chi connectivity index (χ0n) is 10.9. The molecule has 3 rings (SSSR count). The molecule has 5 heteroatoms. The van der Waals surface area contributed by atoms with E-state index in [9.17, 15) is 4.39 Å². The second-order valence-electron chi connectivity index (χ2n) is 4.61. The van der Waals surface area contributed by atoms with Crippen molar-refractivity contribution >= 4 is 22.6 Å². The number of hydrogen-bond donors (Lipinski definition) is 1. The Morgan fingerprint density at radius 3 is 2.85 bits per heavy atom. The highest BCUT2D eigenvalue weighted by molar-refractivity contribution is 6.30. The van der Waals surface area contributed by atoms with Crippen LogP contribution in [0.15, 0.2) is 36.4 Å². The van der Waals surface area contributed by atoms with Crippen molar-refractivity contribution in [3.63, 3.8) is 0 Å². The predicted molar refractivity (Wildman–Crippen MR) is 79.0 cm³/mol. The molecule has 0 aliphatic carbocycles. The Hall–Kier alpha value is -1.91. The first kappa shape index (κ1) is 13.1. The van der Waals surface area contributed by atoms with Gasteiger partial charge in [0.05, 0.1) is 16.6 Å². The van der Waals surface area contributed by atoms with Crippen LogP contribution in [0.25, 0.3) is 22.4 Å². The van der Waals surface area contributed by atoms with Gasteiger partial charge >= 0.3 is 0 Å². The largest absolute Gasteiger partial charge is 0.327 e. The van der Waals surface area contributed by atoms with E-state index in [2.05, 4.69) is 4.98 Å². The summed E-state index contributed by atoms with van der Waals surface area (Å²) in [5, 5.41) is 0.479. The minimum atomic E-state index is -0.345. The molecule has 0 atom stereocenters. The predicted octanol–water partition coefficient (Wildman–Crippen LogP) is 3.49. The summed E-state index contributed by atoms with van der Waals surface area (Å²) in [6.45, 7) is 0.395. The van der Waals surface area contributed by atoms with Crippen LogP contribution in [-0.4, -0.2) is 9.55 Å². The molecule has 20 heavy (non-hydrogen) atoms. The molecule has 0 amide bonds. The van der Waals surface area contributed by atoms with Gasteiger partial charge in [-0.05, 0) is 29.8 Å². The highest BCUT2D eigenvalue weighted by Gasteiger charge is 2.15. The molecule has 102 valence electrons. The van der Waals surface area contributed by atoms with Gasteiger partial charge in [-0.3, -0.25) is 0 Å². The van der Waals surface area contributed by atoms with Crippen LogP contribution < -0.4 is 5.73 Å². The Bertz CT molecular complexity index is 795. The first-order valence-electron chi connectivity index (χ1n) is 6.21. The normalized spacial score (nSPS) is 11.2. The monoisotopic (exact) mass is 289 g/mol. The average molecular weight is 290 g/mol. The molecule has 0 bridgehead atoms. The van der Waals surface area contributed by atoms with Crippen LogP contribution in [0.5, 0.6) is 0 Å². The fourth-order valence-electron chi connectivity index (χ4n) is 2.35. The summed E-state index contributed by atoms with van der Waals surface area (Å²) < 4.78 is 15.9. The average Bonchev–Trinajstić information content (AvgIpc) is 2.79. The van der Waals surface area contributed by atoms with E-state index in [0.717, 1.165) is 16.6 Å². The van der Waals surface area contributed by atoms with E-state index in [1.807, 2.05) is 29.8 Å². The molecule has 0 aliphatic rings. The van der Waals surface area contributed by atoms with Gasteiger partial charge in [0.1, 0.15) is 11.6 Å². The molecule has 2 N–H and O–H groups in total. The summed E-state index contributed by atoms with van der Waals surface area (Å²) in [6.07, 6.45) is 0. The van der Waals surface area contributed by atoms with Gasteiger partial charge in [-0.15, -0.1) is 0 Å². The van der Waals surface area contributed by atoms with Crippen LogP contribution >= 0.6 is 11.6 Å². The Morgan fingerprint density at radius 2 is 2.10 bits per heavy atom. The lowest BCUT2D eigenvalue weighted by atomic mass is 10.2. The second-order valence-corrected chi connectivity index (χ2v) is 5.04. The van der Waals surface area contributed by atoms with Crippen LogP contribution in [0.4, 0.5) is 4.39 Å². The molecule has 2 aromatic carbocycles. The zero-order chi connectivity index (χ0) is 14.3. The maximum atomic E-state index is 14.0. The number of benzene rings is 2. The summed E-state index contributed by atoms with van der Waals surface area (Å²) in [5.41, 5.74) is 8.77. The van der Waals surface area contributed by atoms with Crippen LogP contribution in [0, 0.1) is 5.82 Å². The van der Waals surface area contributed by atoms with Gasteiger partial charge < -0.3 is 10.3 Å². The number of aryl methyl sites for hydroxylation is 1. The third-order valence-corrected chi connectivity index (χ3v) is 3.62. The number of hydrogen-bond acceptors (Lipinski definition) is 2. The van der Waals surface area contributed by atoms with Crippen molar-refractivity contribution in [1.82, 2.24) is 9.55 Å². The molecule has 0 aliphatic heterocycles. The van der Waals surface area contributed by atoms with Crippen LogP contribution in [0.3, 0.4) is 0 Å². The van der Waals surface area contributed by atoms with Crippen molar-refractivity contribution in [2.45, 2.75) is 6.54 Å². The Kier molecular flexibility index (Phi) is 3.20. The standard InChI is InChI=1S/C15H13ClFN3/c1-20-13-4-2-3-9(8-18)14(13)19-15(20)11-7-10(16)5-6-12(11)17/h2-7H,8,18H2,1H3. The highest BCUT2D eigenvalue weighted by Crippen LogP contribution is 2.29. The highest BCUT2D eigenvalue weighted by atomic mass is 35.5. The summed E-state index contributed by atoms with van der Waals surface area (Å²) in [6, 6.07) is 10.2. The SMILES string of the molecule is Cn1c(-c2cc(Cl)ccc2F)nc2c(CN)cccc21. The Labute approximate surface area is 120 Å². The van der Waals surface area contributed by atoms with E-state index in [1.165, 1.54) is 12.1 Å². The molecule has 3 aromatic rings. The third kappa shape index (κ3) is 1.97. The fraction of sp³-hybridized carbons (Fsp3) is 0.133. The maximum absolute atomic E-state index is 14.0. The van der Waals surface area contributed by atoms with Crippen LogP contribution in [0.1, 0.15) is 5.56 Å². The summed E-state index contributed by atoms with van der Waals surface area (Å²) >= 11 is 5.95. The van der Waals surface area contributed by atoms with Crippen molar-refractivity contribution in [3.05, 3.63) is 52.8 Å². The number of para-hydroxylation sites is 1. The lowest BCUT2D eigenvalue weighted by molar-refractivity contribution is 0.629. The molecule has 0 radical (unpaired) electrons. The van der Waals surface area contributed by atoms with Crippen molar-refractivity contribution in [2.75, 3.05) is 0 Å². The van der Waals surface area contributed by atoms with Gasteiger partial charge in [-0.25, -0.2) is 9.37 Å². The van der Waals surface area contributed by atoms with Crippen molar-refractivity contribution in [3.8, 4) is 11.4 Å². The molecule has 0 unspecified atom stereocenters. The molecule has 3 nitrogen and oxygen atoms in total. The number of fused-ring (bicyclic) bond motifs is 1. The van der Waals surface area contributed by atoms with Gasteiger partial charge in [0.2, 0.25) is 0 Å². The van der Waals surface area contributed by atoms with Crippen molar-refractivity contribution in [1.29, 1.82) is 0 Å². The second kappa shape index (κ2) is 4.89. The minimum Gasteiger partial charge on any atom is -0.327 e. The van der Waals surface area contributed by atoms with E-state index >= 15 is 0 Å². The number of halogens is 2. The minimum absolute atomic E-state index is 0.345. The van der Waals surface area contributed by atoms with E-state index in [0.29, 0.717) is 23.0 Å². The molecular formula is C15H13ClFN3. The first-order valence-corrected chi connectivity index (χ1v) is 6.59. The van der Waals surface area contributed by atoms with Gasteiger partial charge in [-0.1, -0.05) is 23.7 Å². The molecule has 1 aromatic heterocycles. The van der Waals surface area contributed by atoms with Gasteiger partial charge in [0, 0.05) is 18.6 Å². The van der Waals surface area contributed by atoms with E-state index in [1.54, 1.807) is 6.07 Å². The Morgan fingerprint density at radius 1 is 1.30 bits per heavy atom. The summed E-state index contributed by atoms with van der Waals surface area (Å²) in [5.74, 6) is 0.197. The third-order valence-electron chi connectivity index (χ3n) is 3.38. The molecule has 1 heterocycles. The van der Waals surface area contributed by atoms with E-state index in [4.69, 9.17) is 17.3 Å². The van der Waals surface area contributed by atoms with Gasteiger partial charge in [-0.2, -0.15) is 0 Å². The van der Waals surface area contributed by atoms with Crippen LogP contribution in [0.2, 0.25) is 5.02 Å². The summed E-state index contributed by atoms with van der Waals surface area (Å²) in [4.78, 5) is 4.54. The van der Waals surface area contributed by atoms with E-state index in [-0.39, 0.29) is 5.82 Å². The molecule has 0 saturated heterocycles. The molecule has 0 spiro atoms. The van der Waals surface area contributed by atoms with Crippen molar-refractivity contribution in [2.24, 2.45) is 12.8 Å². The molecule has 0 saturated carbocycles. The summed E-state index contributed by atoms with van der Waals surface area (Å²) in [7, 11) is 1.85. The molecule has 0 fully saturated rings. The zero-order valence-corrected chi connectivity index (χ0v) is 11.7. The smallest absolute Gasteiger partial charge is 0.143 e. The topological polar surface area (TPSA) is 43.8 Å². The fourth-order valence-corrected chi connectivity index (χ4v) is 2.52.